The van der Waals surface area contributed by atoms with Crippen molar-refractivity contribution in [3.05, 3.63) is 34.9 Å². The third-order valence-corrected chi connectivity index (χ3v) is 3.77. The summed E-state index contributed by atoms with van der Waals surface area (Å²) in [5.41, 5.74) is 0.361. The quantitative estimate of drug-likeness (QED) is 0.710. The number of benzene rings is 1. The van der Waals surface area contributed by atoms with Crippen LogP contribution in [0.25, 0.3) is 0 Å². The largest absolute Gasteiger partial charge is 0.304 e. The molecule has 0 heterocycles. The number of ketones is 1. The van der Waals surface area contributed by atoms with Crippen molar-refractivity contribution in [2.75, 3.05) is 7.05 Å². The molecule has 0 saturated heterocycles. The van der Waals surface area contributed by atoms with Crippen molar-refractivity contribution in [1.29, 1.82) is 0 Å². The first-order chi connectivity index (χ1) is 7.70. The van der Waals surface area contributed by atoms with E-state index in [1.54, 1.807) is 0 Å². The molecule has 4 radical (unpaired) electrons. The van der Waals surface area contributed by atoms with Crippen LogP contribution in [0.5, 0.6) is 0 Å². The zero-order valence-corrected chi connectivity index (χ0v) is 14.6. The zero-order valence-electron chi connectivity index (χ0n) is 9.92. The maximum atomic E-state index is 12.2. The van der Waals surface area contributed by atoms with Gasteiger partial charge in [-0.25, -0.2) is 0 Å². The van der Waals surface area contributed by atoms with Gasteiger partial charge in [0.25, 0.3) is 0 Å². The van der Waals surface area contributed by atoms with Gasteiger partial charge in [0, 0.05) is 38.7 Å². The number of carbonyl (C=O) groups is 1. The normalized spacial score (nSPS) is 24.2. The molecule has 1 aliphatic rings. The van der Waals surface area contributed by atoms with Gasteiger partial charge < -0.3 is 5.32 Å². The Balaban J connectivity index is 0.00000144. The molecule has 1 N–H and O–H groups in total. The molecule has 2 nitrogen and oxygen atoms in total. The van der Waals surface area contributed by atoms with Gasteiger partial charge in [-0.15, -0.1) is 0 Å². The molecule has 2 rings (SSSR count). The summed E-state index contributed by atoms with van der Waals surface area (Å²) >= 11 is 6.20. The second kappa shape index (κ2) is 6.29. The average Bonchev–Trinajstić information content (AvgIpc) is 2.31. The molecule has 4 heteroatoms. The molecule has 1 aromatic rings. The second-order valence-electron chi connectivity index (χ2n) is 4.27. The summed E-state index contributed by atoms with van der Waals surface area (Å²) in [4.78, 5) is 12.2. The van der Waals surface area contributed by atoms with E-state index in [1.165, 1.54) is 0 Å². The predicted molar refractivity (Wildman–Crippen MR) is 71.4 cm³/mol. The van der Waals surface area contributed by atoms with E-state index in [0.717, 1.165) is 24.8 Å². The van der Waals surface area contributed by atoms with Crippen molar-refractivity contribution in [2.45, 2.75) is 31.2 Å². The van der Waals surface area contributed by atoms with E-state index in [0.29, 0.717) is 11.4 Å². The number of carbonyl (C=O) groups excluding carboxylic acids is 1. The third-order valence-electron chi connectivity index (χ3n) is 3.44. The first-order valence-corrected chi connectivity index (χ1v) is 6.06. The van der Waals surface area contributed by atoms with Crippen molar-refractivity contribution in [2.24, 2.45) is 0 Å². The first-order valence-electron chi connectivity index (χ1n) is 5.68. The van der Waals surface area contributed by atoms with E-state index in [1.807, 2.05) is 31.3 Å². The molecule has 0 amide bonds. The van der Waals surface area contributed by atoms with Gasteiger partial charge in [-0.05, 0) is 31.5 Å². The van der Waals surface area contributed by atoms with Gasteiger partial charge in [0.2, 0.25) is 0 Å². The minimum Gasteiger partial charge on any atom is -0.304 e. The number of hydrogen-bond acceptors (Lipinski definition) is 2. The molecule has 1 aliphatic carbocycles. The number of hydrogen-bond donors (Lipinski definition) is 1. The Bertz CT molecular complexity index is 410. The van der Waals surface area contributed by atoms with Crippen LogP contribution in [0.4, 0.5) is 0 Å². The van der Waals surface area contributed by atoms with Crippen LogP contribution in [-0.2, 0) is 10.3 Å². The predicted octanol–water partition coefficient (Wildman–Crippen LogP) is 2.52. The third kappa shape index (κ3) is 2.74. The summed E-state index contributed by atoms with van der Waals surface area (Å²) in [6.07, 6.45) is 3.54. The SMILES string of the molecule is CNC1(c2ccccc2Cl)CCCCC1=O.[Pb]. The fourth-order valence-electron chi connectivity index (χ4n) is 2.52. The van der Waals surface area contributed by atoms with Gasteiger partial charge in [0.1, 0.15) is 5.54 Å². The van der Waals surface area contributed by atoms with Gasteiger partial charge >= 0.3 is 0 Å². The van der Waals surface area contributed by atoms with E-state index in [4.69, 9.17) is 11.6 Å². The number of likely N-dealkylation sites (N-methyl/N-ethyl adjacent to an activating group) is 1. The number of rotatable bonds is 2. The fraction of sp³-hybridized carbons (Fsp3) is 0.462. The minimum atomic E-state index is -0.559. The van der Waals surface area contributed by atoms with E-state index in [-0.39, 0.29) is 33.1 Å². The van der Waals surface area contributed by atoms with Crippen LogP contribution in [0, 0.1) is 0 Å². The molecule has 0 bridgehead atoms. The monoisotopic (exact) mass is 445 g/mol. The fourth-order valence-corrected chi connectivity index (χ4v) is 2.82. The van der Waals surface area contributed by atoms with E-state index >= 15 is 0 Å². The van der Waals surface area contributed by atoms with Crippen LogP contribution < -0.4 is 5.32 Å². The minimum absolute atomic E-state index is 0. The standard InChI is InChI=1S/C13H16ClNO.Pb/c1-15-13(9-5-4-8-12(13)16)10-6-2-3-7-11(10)14;/h2-3,6-7,15H,4-5,8-9H2,1H3;. The summed E-state index contributed by atoms with van der Waals surface area (Å²) in [6, 6.07) is 7.62. The molecule has 1 fully saturated rings. The summed E-state index contributed by atoms with van der Waals surface area (Å²) in [7, 11) is 1.84. The van der Waals surface area contributed by atoms with Crippen molar-refractivity contribution < 1.29 is 4.79 Å². The molecule has 90 valence electrons. The van der Waals surface area contributed by atoms with Gasteiger partial charge in [0.15, 0.2) is 5.78 Å². The van der Waals surface area contributed by atoms with Gasteiger partial charge in [-0.3, -0.25) is 4.79 Å². The van der Waals surface area contributed by atoms with Crippen molar-refractivity contribution >= 4 is 44.7 Å². The van der Waals surface area contributed by atoms with Crippen LogP contribution in [0.1, 0.15) is 31.2 Å². The molecule has 0 aromatic heterocycles. The van der Waals surface area contributed by atoms with E-state index < -0.39 is 5.54 Å². The Kier molecular flexibility index (Phi) is 5.60. The summed E-state index contributed by atoms with van der Waals surface area (Å²) < 4.78 is 0. The smallest absolute Gasteiger partial charge is 0.157 e. The van der Waals surface area contributed by atoms with E-state index in [9.17, 15) is 4.79 Å². The Labute approximate surface area is 127 Å². The van der Waals surface area contributed by atoms with Crippen LogP contribution in [-0.4, -0.2) is 40.1 Å². The molecule has 1 aromatic carbocycles. The molecule has 1 atom stereocenters. The van der Waals surface area contributed by atoms with Crippen LogP contribution in [0.3, 0.4) is 0 Å². The van der Waals surface area contributed by atoms with Gasteiger partial charge in [0.05, 0.1) is 0 Å². The topological polar surface area (TPSA) is 29.1 Å². The maximum absolute atomic E-state index is 12.2. The van der Waals surface area contributed by atoms with Crippen LogP contribution >= 0.6 is 11.6 Å². The Morgan fingerprint density at radius 1 is 1.29 bits per heavy atom. The molecule has 17 heavy (non-hydrogen) atoms. The Morgan fingerprint density at radius 3 is 2.59 bits per heavy atom. The molecular weight excluding hydrogens is 429 g/mol. The zero-order chi connectivity index (χ0) is 11.6. The summed E-state index contributed by atoms with van der Waals surface area (Å²) in [5.74, 6) is 0.259. The van der Waals surface area contributed by atoms with Crippen molar-refractivity contribution in [1.82, 2.24) is 5.32 Å². The molecule has 1 unspecified atom stereocenters. The Morgan fingerprint density at radius 2 is 2.00 bits per heavy atom. The maximum Gasteiger partial charge on any atom is 0.157 e. The van der Waals surface area contributed by atoms with Crippen molar-refractivity contribution in [3.63, 3.8) is 0 Å². The second-order valence-corrected chi connectivity index (χ2v) is 4.67. The molecule has 0 aliphatic heterocycles. The molecular formula is C13H16ClNOPb. The number of halogens is 1. The summed E-state index contributed by atoms with van der Waals surface area (Å²) in [6.45, 7) is 0. The van der Waals surface area contributed by atoms with Crippen LogP contribution in [0.2, 0.25) is 5.02 Å². The Hall–Kier alpha value is 0.0621. The van der Waals surface area contributed by atoms with E-state index in [2.05, 4.69) is 5.32 Å². The summed E-state index contributed by atoms with van der Waals surface area (Å²) in [5, 5.41) is 3.86. The number of nitrogens with one attached hydrogen (secondary N) is 1. The van der Waals surface area contributed by atoms with Gasteiger partial charge in [-0.1, -0.05) is 36.2 Å². The van der Waals surface area contributed by atoms with Crippen LogP contribution in [0.15, 0.2) is 24.3 Å². The first kappa shape index (κ1) is 15.1. The average molecular weight is 445 g/mol. The van der Waals surface area contributed by atoms with Gasteiger partial charge in [-0.2, -0.15) is 0 Å². The number of Topliss-reactive ketones (excluding diaryl/α,β-unsaturated/α-hetero) is 1. The molecule has 0 spiro atoms. The molecule has 1 saturated carbocycles. The van der Waals surface area contributed by atoms with Crippen molar-refractivity contribution in [3.8, 4) is 0 Å².